The molecule has 0 aromatic heterocycles. The van der Waals surface area contributed by atoms with E-state index in [9.17, 15) is 14.3 Å². The largest absolute Gasteiger partial charge is 0.393 e. The Bertz CT molecular complexity index is 1150. The molecular formula is C34H48FNO3. The number of amides is 1. The molecule has 39 heavy (non-hydrogen) atoms. The van der Waals surface area contributed by atoms with Crippen LogP contribution in [0.3, 0.4) is 0 Å². The average molecular weight is 538 g/mol. The summed E-state index contributed by atoms with van der Waals surface area (Å²) in [6, 6.07) is 6.58. The van der Waals surface area contributed by atoms with Crippen molar-refractivity contribution in [3.05, 3.63) is 35.6 Å². The third-order valence-corrected chi connectivity index (χ3v) is 13.8. The Kier molecular flexibility index (Phi) is 5.95. The Hall–Kier alpha value is -1.46. The first-order valence-electron chi connectivity index (χ1n) is 15.8. The number of halogens is 1. The van der Waals surface area contributed by atoms with E-state index < -0.39 is 0 Å². The lowest BCUT2D eigenvalue weighted by molar-refractivity contribution is -0.140. The summed E-state index contributed by atoms with van der Waals surface area (Å²) in [6.45, 7) is 9.92. The van der Waals surface area contributed by atoms with Crippen molar-refractivity contribution >= 4 is 5.91 Å². The van der Waals surface area contributed by atoms with Crippen molar-refractivity contribution in [2.45, 2.75) is 117 Å². The summed E-state index contributed by atoms with van der Waals surface area (Å²) in [4.78, 5) is 14.4. The molecule has 6 fully saturated rings. The quantitative estimate of drug-likeness (QED) is 0.463. The maximum Gasteiger partial charge on any atom is 0.219 e. The molecule has 7 rings (SSSR count). The number of aliphatic hydroxyl groups excluding tert-OH is 1. The normalized spacial score (nSPS) is 47.2. The van der Waals surface area contributed by atoms with Gasteiger partial charge in [0.2, 0.25) is 5.91 Å². The van der Waals surface area contributed by atoms with E-state index in [1.807, 2.05) is 11.0 Å². The van der Waals surface area contributed by atoms with Gasteiger partial charge >= 0.3 is 0 Å². The van der Waals surface area contributed by atoms with Crippen molar-refractivity contribution < 1.29 is 19.0 Å². The Morgan fingerprint density at radius 3 is 2.59 bits per heavy atom. The van der Waals surface area contributed by atoms with E-state index in [0.717, 1.165) is 30.2 Å². The number of ether oxygens (including phenoxy) is 1. The summed E-state index contributed by atoms with van der Waals surface area (Å²) in [5, 5.41) is 10.9. The molecule has 0 bridgehead atoms. The van der Waals surface area contributed by atoms with E-state index in [1.54, 1.807) is 13.0 Å². The minimum atomic E-state index is -0.258. The minimum Gasteiger partial charge on any atom is -0.393 e. The second-order valence-corrected chi connectivity index (χ2v) is 15.5. The highest BCUT2D eigenvalue weighted by Gasteiger charge is 2.80. The van der Waals surface area contributed by atoms with Crippen LogP contribution in [0.15, 0.2) is 24.3 Å². The third-order valence-electron chi connectivity index (χ3n) is 13.8. The van der Waals surface area contributed by atoms with Crippen LogP contribution >= 0.6 is 0 Å². The second kappa shape index (κ2) is 8.77. The van der Waals surface area contributed by atoms with Gasteiger partial charge in [-0.3, -0.25) is 4.79 Å². The number of nitrogens with zero attached hydrogens (tertiary/aromatic N) is 1. The molecule has 2 spiro atoms. The highest BCUT2D eigenvalue weighted by atomic mass is 19.1. The van der Waals surface area contributed by atoms with Crippen LogP contribution in [0.5, 0.6) is 0 Å². The summed E-state index contributed by atoms with van der Waals surface area (Å²) in [5.41, 5.74) is 2.24. The van der Waals surface area contributed by atoms with Gasteiger partial charge in [0.25, 0.3) is 0 Å². The van der Waals surface area contributed by atoms with Crippen LogP contribution in [0.4, 0.5) is 4.39 Å². The van der Waals surface area contributed by atoms with Gasteiger partial charge in [-0.15, -0.1) is 0 Å². The molecular weight excluding hydrogens is 489 g/mol. The van der Waals surface area contributed by atoms with Crippen molar-refractivity contribution in [2.24, 2.45) is 45.3 Å². The Morgan fingerprint density at radius 1 is 1.03 bits per heavy atom. The maximum absolute atomic E-state index is 13.8. The summed E-state index contributed by atoms with van der Waals surface area (Å²) in [6.07, 6.45) is 12.6. The molecule has 1 saturated heterocycles. The molecule has 1 aromatic carbocycles. The Balaban J connectivity index is 1.07. The van der Waals surface area contributed by atoms with Gasteiger partial charge in [0.15, 0.2) is 0 Å². The lowest BCUT2D eigenvalue weighted by atomic mass is 9.46. The van der Waals surface area contributed by atoms with Crippen molar-refractivity contribution in [1.82, 2.24) is 4.90 Å². The van der Waals surface area contributed by atoms with Crippen LogP contribution < -0.4 is 0 Å². The minimum absolute atomic E-state index is 0.0234. The first kappa shape index (κ1) is 26.4. The molecule has 5 aliphatic carbocycles. The number of rotatable bonds is 4. The number of carbonyl (C=O) groups is 1. The Labute approximate surface area is 234 Å². The predicted octanol–water partition coefficient (Wildman–Crippen LogP) is 6.74. The zero-order chi connectivity index (χ0) is 27.4. The van der Waals surface area contributed by atoms with Crippen LogP contribution in [0.1, 0.15) is 97.5 Å². The molecule has 6 aliphatic rings. The maximum atomic E-state index is 13.8. The van der Waals surface area contributed by atoms with Gasteiger partial charge in [-0.2, -0.15) is 0 Å². The van der Waals surface area contributed by atoms with E-state index in [-0.39, 0.29) is 29.3 Å². The Morgan fingerprint density at radius 2 is 1.82 bits per heavy atom. The molecule has 1 heterocycles. The molecule has 4 nitrogen and oxygen atoms in total. The molecule has 1 amide bonds. The zero-order valence-electron chi connectivity index (χ0n) is 24.4. The summed E-state index contributed by atoms with van der Waals surface area (Å²) >= 11 is 0. The lowest BCUT2D eigenvalue weighted by Crippen LogP contribution is -2.54. The number of carbonyl (C=O) groups excluding carboxylic acids is 1. The van der Waals surface area contributed by atoms with Gasteiger partial charge in [-0.1, -0.05) is 32.9 Å². The van der Waals surface area contributed by atoms with E-state index in [2.05, 4.69) is 20.8 Å². The first-order chi connectivity index (χ1) is 18.5. The zero-order valence-corrected chi connectivity index (χ0v) is 24.4. The molecule has 1 N–H and O–H groups in total. The summed E-state index contributed by atoms with van der Waals surface area (Å²) in [7, 11) is 0. The topological polar surface area (TPSA) is 49.8 Å². The van der Waals surface area contributed by atoms with Gasteiger partial charge in [-0.25, -0.2) is 4.39 Å². The second-order valence-electron chi connectivity index (χ2n) is 15.5. The SMILES string of the molecule is CC(=O)N(Cc1cccc(F)c1)CC1CCC2C(CC3C4CCC5C(C)(C)[C@@H](O)CCC56CC46CCC23C)O1. The highest BCUT2D eigenvalue weighted by Crippen LogP contribution is 2.87. The lowest BCUT2D eigenvalue weighted by Gasteiger charge is -2.59. The van der Waals surface area contributed by atoms with Crippen LogP contribution in [0.25, 0.3) is 0 Å². The number of hydrogen-bond acceptors (Lipinski definition) is 3. The predicted molar refractivity (Wildman–Crippen MR) is 149 cm³/mol. The van der Waals surface area contributed by atoms with Crippen molar-refractivity contribution in [1.29, 1.82) is 0 Å². The molecule has 0 radical (unpaired) electrons. The van der Waals surface area contributed by atoms with Gasteiger partial charge in [0, 0.05) is 20.0 Å². The summed E-state index contributed by atoms with van der Waals surface area (Å²) in [5.74, 6) is 2.62. The molecule has 1 aliphatic heterocycles. The first-order valence-corrected chi connectivity index (χ1v) is 15.8. The van der Waals surface area contributed by atoms with Gasteiger partial charge < -0.3 is 14.7 Å². The molecule has 214 valence electrons. The van der Waals surface area contributed by atoms with Gasteiger partial charge in [0.05, 0.1) is 18.3 Å². The van der Waals surface area contributed by atoms with Crippen molar-refractivity contribution in [3.63, 3.8) is 0 Å². The molecule has 9 unspecified atom stereocenters. The summed E-state index contributed by atoms with van der Waals surface area (Å²) < 4.78 is 20.6. The van der Waals surface area contributed by atoms with Crippen LogP contribution in [-0.2, 0) is 16.1 Å². The van der Waals surface area contributed by atoms with E-state index >= 15 is 0 Å². The fraction of sp³-hybridized carbons (Fsp3) is 0.794. The fourth-order valence-electron chi connectivity index (χ4n) is 11.8. The van der Waals surface area contributed by atoms with E-state index in [1.165, 1.54) is 63.5 Å². The van der Waals surface area contributed by atoms with Crippen molar-refractivity contribution in [2.75, 3.05) is 6.54 Å². The van der Waals surface area contributed by atoms with Crippen molar-refractivity contribution in [3.8, 4) is 0 Å². The number of benzene rings is 1. The molecule has 10 atom stereocenters. The van der Waals surface area contributed by atoms with Crippen LogP contribution in [-0.4, -0.2) is 40.8 Å². The fourth-order valence-corrected chi connectivity index (χ4v) is 11.8. The molecule has 5 saturated carbocycles. The van der Waals surface area contributed by atoms with Crippen LogP contribution in [0, 0.1) is 51.1 Å². The number of fused-ring (bicyclic) bond motifs is 4. The van der Waals surface area contributed by atoms with E-state index in [0.29, 0.717) is 47.3 Å². The third kappa shape index (κ3) is 3.70. The highest BCUT2D eigenvalue weighted by molar-refractivity contribution is 5.73. The standard InChI is InChI=1S/C34H48FNO3/c1-21(37)36(18-22-6-5-7-23(35)16-22)19-24-8-9-26-28(39-24)17-27-25-10-11-29-31(2,3)30(38)12-13-34(29)20-33(25,34)15-14-32(26,27)4/h5-7,16,24-30,38H,8-15,17-20H2,1-4H3/t24?,25?,26?,27?,28?,29?,30-,32?,33?,34?/m0/s1. The van der Waals surface area contributed by atoms with Gasteiger partial charge in [0.1, 0.15) is 5.82 Å². The van der Waals surface area contributed by atoms with Gasteiger partial charge in [-0.05, 0) is 127 Å². The van der Waals surface area contributed by atoms with E-state index in [4.69, 9.17) is 4.74 Å². The van der Waals surface area contributed by atoms with Crippen LogP contribution in [0.2, 0.25) is 0 Å². The number of hydrogen-bond donors (Lipinski definition) is 1. The average Bonchev–Trinajstić information content (AvgIpc) is 3.46. The number of aliphatic hydroxyl groups is 1. The molecule has 1 aromatic rings. The molecule has 5 heteroatoms. The monoisotopic (exact) mass is 537 g/mol. The smallest absolute Gasteiger partial charge is 0.219 e.